The number of nitrogens with zero attached hydrogens (tertiary/aromatic N) is 2. The van der Waals surface area contributed by atoms with Gasteiger partial charge >= 0.3 is 5.97 Å². The minimum atomic E-state index is -3.58. The summed E-state index contributed by atoms with van der Waals surface area (Å²) in [6.07, 6.45) is 5.48. The molecule has 0 unspecified atom stereocenters. The highest BCUT2D eigenvalue weighted by Crippen LogP contribution is 2.32. The van der Waals surface area contributed by atoms with Crippen molar-refractivity contribution in [1.82, 2.24) is 9.29 Å². The van der Waals surface area contributed by atoms with Gasteiger partial charge in [-0.25, -0.2) is 13.2 Å². The van der Waals surface area contributed by atoms with Gasteiger partial charge in [0.05, 0.1) is 0 Å². The van der Waals surface area contributed by atoms with Crippen LogP contribution in [0.15, 0.2) is 65.1 Å². The molecule has 0 saturated heterocycles. The summed E-state index contributed by atoms with van der Waals surface area (Å²) in [6, 6.07) is 14.5. The van der Waals surface area contributed by atoms with Crippen LogP contribution in [0.5, 0.6) is 5.75 Å². The maximum Gasteiger partial charge on any atom is 0.347 e. The fourth-order valence-electron chi connectivity index (χ4n) is 3.38. The van der Waals surface area contributed by atoms with Crippen molar-refractivity contribution in [3.8, 4) is 16.2 Å². The molecule has 0 saturated carbocycles. The van der Waals surface area contributed by atoms with Crippen molar-refractivity contribution < 1.29 is 23.1 Å². The first kappa shape index (κ1) is 25.9. The lowest BCUT2D eigenvalue weighted by atomic mass is 10.1. The fourth-order valence-corrected chi connectivity index (χ4v) is 6.42. The number of ether oxygens (including phenoxy) is 1. The van der Waals surface area contributed by atoms with Crippen LogP contribution in [0.1, 0.15) is 39.2 Å². The molecule has 3 aromatic rings. The average molecular weight is 503 g/mol. The standard InChI is InChI=1S/C25H30N2O5S2/c1-4-17-27(34(30,31)23-12-11-22(33-23)20-13-15-26-16-14-20)18-5-6-19-7-9-21(10-8-19)32-25(2,3)24(28)29/h7-16H,4-6,17-18H2,1-3H3,(H,28,29). The number of rotatable bonds is 12. The summed E-state index contributed by atoms with van der Waals surface area (Å²) < 4.78 is 34.0. The summed E-state index contributed by atoms with van der Waals surface area (Å²) in [4.78, 5) is 16.1. The van der Waals surface area contributed by atoms with Gasteiger partial charge < -0.3 is 9.84 Å². The van der Waals surface area contributed by atoms with E-state index in [1.54, 1.807) is 34.9 Å². The summed E-state index contributed by atoms with van der Waals surface area (Å²) in [7, 11) is -3.58. The van der Waals surface area contributed by atoms with E-state index in [4.69, 9.17) is 4.74 Å². The molecule has 0 bridgehead atoms. The molecule has 3 rings (SSSR count). The molecule has 0 aliphatic carbocycles. The highest BCUT2D eigenvalue weighted by molar-refractivity contribution is 7.91. The molecule has 182 valence electrons. The van der Waals surface area contributed by atoms with Crippen LogP contribution in [0.4, 0.5) is 0 Å². The van der Waals surface area contributed by atoms with Gasteiger partial charge in [0.2, 0.25) is 0 Å². The third kappa shape index (κ3) is 6.43. The number of carboxylic acids is 1. The molecule has 0 amide bonds. The second-order valence-corrected chi connectivity index (χ2v) is 11.7. The Bertz CT molecular complexity index is 1190. The minimum Gasteiger partial charge on any atom is -0.478 e. The third-order valence-corrected chi connectivity index (χ3v) is 8.80. The topological polar surface area (TPSA) is 96.8 Å². The Labute approximate surface area is 205 Å². The summed E-state index contributed by atoms with van der Waals surface area (Å²) >= 11 is 1.27. The van der Waals surface area contributed by atoms with Crippen LogP contribution >= 0.6 is 11.3 Å². The van der Waals surface area contributed by atoms with Gasteiger partial charge in [-0.1, -0.05) is 19.1 Å². The molecule has 1 aromatic carbocycles. The average Bonchev–Trinajstić information content (AvgIpc) is 3.31. The number of pyridine rings is 1. The summed E-state index contributed by atoms with van der Waals surface area (Å²) in [5, 5.41) is 9.20. The van der Waals surface area contributed by atoms with Gasteiger partial charge in [0.25, 0.3) is 10.0 Å². The van der Waals surface area contributed by atoms with Crippen molar-refractivity contribution in [3.63, 3.8) is 0 Å². The van der Waals surface area contributed by atoms with Gasteiger partial charge in [-0.15, -0.1) is 11.3 Å². The van der Waals surface area contributed by atoms with Crippen molar-refractivity contribution in [2.45, 2.75) is 49.8 Å². The smallest absolute Gasteiger partial charge is 0.347 e. The van der Waals surface area contributed by atoms with Crippen LogP contribution in [0.3, 0.4) is 0 Å². The van der Waals surface area contributed by atoms with E-state index in [1.165, 1.54) is 25.2 Å². The molecular weight excluding hydrogens is 472 g/mol. The predicted octanol–water partition coefficient (Wildman–Crippen LogP) is 5.09. The van der Waals surface area contributed by atoms with E-state index >= 15 is 0 Å². The van der Waals surface area contributed by atoms with Crippen molar-refractivity contribution in [2.75, 3.05) is 13.1 Å². The molecule has 0 aliphatic rings. The zero-order valence-corrected chi connectivity index (χ0v) is 21.2. The first-order valence-corrected chi connectivity index (χ1v) is 13.4. The third-order valence-electron chi connectivity index (χ3n) is 5.30. The summed E-state index contributed by atoms with van der Waals surface area (Å²) in [5.41, 5.74) is 0.670. The van der Waals surface area contributed by atoms with Crippen LogP contribution in [-0.4, -0.2) is 47.5 Å². The van der Waals surface area contributed by atoms with Gasteiger partial charge in [-0.05, 0) is 80.6 Å². The quantitative estimate of drug-likeness (QED) is 0.371. The monoisotopic (exact) mass is 502 g/mol. The van der Waals surface area contributed by atoms with E-state index in [9.17, 15) is 18.3 Å². The van der Waals surface area contributed by atoms with E-state index in [2.05, 4.69) is 4.98 Å². The Morgan fingerprint density at radius 2 is 1.74 bits per heavy atom. The molecule has 1 N–H and O–H groups in total. The SMILES string of the molecule is CCCN(CCCc1ccc(OC(C)(C)C(=O)O)cc1)S(=O)(=O)c1ccc(-c2ccncc2)s1. The van der Waals surface area contributed by atoms with Gasteiger partial charge in [-0.3, -0.25) is 4.98 Å². The van der Waals surface area contributed by atoms with Crippen LogP contribution in [0.25, 0.3) is 10.4 Å². The van der Waals surface area contributed by atoms with Crippen LogP contribution < -0.4 is 4.74 Å². The number of hydrogen-bond donors (Lipinski definition) is 1. The zero-order chi connectivity index (χ0) is 24.8. The minimum absolute atomic E-state index is 0.343. The normalized spacial score (nSPS) is 12.1. The second-order valence-electron chi connectivity index (χ2n) is 8.42. The van der Waals surface area contributed by atoms with Gasteiger partial charge in [0.15, 0.2) is 5.60 Å². The Kier molecular flexibility index (Phi) is 8.46. The molecule has 0 spiro atoms. The number of aryl methyl sites for hydroxylation is 1. The summed E-state index contributed by atoms with van der Waals surface area (Å²) in [6.45, 7) is 5.85. The molecule has 2 aromatic heterocycles. The molecule has 9 heteroatoms. The second kappa shape index (κ2) is 11.1. The Hall–Kier alpha value is -2.75. The number of aliphatic carboxylic acids is 1. The van der Waals surface area contributed by atoms with Crippen molar-refractivity contribution in [3.05, 3.63) is 66.5 Å². The maximum atomic E-state index is 13.3. The number of sulfonamides is 1. The molecule has 2 heterocycles. The molecule has 0 atom stereocenters. The Morgan fingerprint density at radius 1 is 1.06 bits per heavy atom. The van der Waals surface area contributed by atoms with Crippen molar-refractivity contribution in [1.29, 1.82) is 0 Å². The largest absolute Gasteiger partial charge is 0.478 e. The number of aromatic nitrogens is 1. The van der Waals surface area contributed by atoms with Crippen LogP contribution in [0, 0.1) is 0 Å². The lowest BCUT2D eigenvalue weighted by Gasteiger charge is -2.22. The van der Waals surface area contributed by atoms with Crippen molar-refractivity contribution in [2.24, 2.45) is 0 Å². The fraction of sp³-hybridized carbons (Fsp3) is 0.360. The highest BCUT2D eigenvalue weighted by atomic mass is 32.2. The lowest BCUT2D eigenvalue weighted by Crippen LogP contribution is -2.37. The number of benzene rings is 1. The number of carbonyl (C=O) groups is 1. The molecule has 0 fully saturated rings. The number of carboxylic acid groups (broad SMARTS) is 1. The molecule has 0 aliphatic heterocycles. The molecule has 34 heavy (non-hydrogen) atoms. The zero-order valence-electron chi connectivity index (χ0n) is 19.6. The van der Waals surface area contributed by atoms with Crippen LogP contribution in [0.2, 0.25) is 0 Å². The van der Waals surface area contributed by atoms with Crippen molar-refractivity contribution >= 4 is 27.3 Å². The number of hydrogen-bond acceptors (Lipinski definition) is 6. The summed E-state index contributed by atoms with van der Waals surface area (Å²) in [5.74, 6) is -0.554. The predicted molar refractivity (Wildman–Crippen MR) is 134 cm³/mol. The van der Waals surface area contributed by atoms with Gasteiger partial charge in [0, 0.05) is 30.4 Å². The van der Waals surface area contributed by atoms with Crippen LogP contribution in [-0.2, 0) is 21.2 Å². The van der Waals surface area contributed by atoms with E-state index in [0.29, 0.717) is 35.9 Å². The number of thiophene rings is 1. The first-order valence-electron chi connectivity index (χ1n) is 11.1. The van der Waals surface area contributed by atoms with E-state index < -0.39 is 21.6 Å². The first-order chi connectivity index (χ1) is 16.1. The Balaban J connectivity index is 1.63. The van der Waals surface area contributed by atoms with E-state index in [0.717, 1.165) is 22.4 Å². The molecule has 7 nitrogen and oxygen atoms in total. The van der Waals surface area contributed by atoms with E-state index in [1.807, 2.05) is 37.3 Å². The van der Waals surface area contributed by atoms with Gasteiger partial charge in [0.1, 0.15) is 9.96 Å². The highest BCUT2D eigenvalue weighted by Gasteiger charge is 2.29. The molecule has 0 radical (unpaired) electrons. The maximum absolute atomic E-state index is 13.3. The van der Waals surface area contributed by atoms with E-state index in [-0.39, 0.29) is 0 Å². The Morgan fingerprint density at radius 3 is 2.35 bits per heavy atom. The molecular formula is C25H30N2O5S2. The lowest BCUT2D eigenvalue weighted by molar-refractivity contribution is -0.152. The van der Waals surface area contributed by atoms with Gasteiger partial charge in [-0.2, -0.15) is 4.31 Å².